The SMILES string of the molecule is CCN1CCc2cc(N=S(=O)=O)ccc21.Cc1ccccc1Cl.Cl. The molecular weight excluding hydrogens is 367 g/mol. The lowest BCUT2D eigenvalue weighted by atomic mass is 10.1. The lowest BCUT2D eigenvalue weighted by Gasteiger charge is -2.16. The van der Waals surface area contributed by atoms with E-state index in [9.17, 15) is 8.42 Å². The van der Waals surface area contributed by atoms with E-state index in [2.05, 4.69) is 16.2 Å². The summed E-state index contributed by atoms with van der Waals surface area (Å²) in [5.41, 5.74) is 4.03. The van der Waals surface area contributed by atoms with Gasteiger partial charge in [-0.05, 0) is 55.7 Å². The summed E-state index contributed by atoms with van der Waals surface area (Å²) in [5.74, 6) is 0. The Balaban J connectivity index is 0.000000273. The molecule has 0 radical (unpaired) electrons. The van der Waals surface area contributed by atoms with E-state index in [1.54, 1.807) is 6.07 Å². The van der Waals surface area contributed by atoms with Gasteiger partial charge in [0, 0.05) is 23.8 Å². The lowest BCUT2D eigenvalue weighted by molar-refractivity contribution is 0.622. The molecule has 0 unspecified atom stereocenters. The Morgan fingerprint density at radius 3 is 2.46 bits per heavy atom. The van der Waals surface area contributed by atoms with Crippen LogP contribution in [0.2, 0.25) is 5.02 Å². The van der Waals surface area contributed by atoms with Gasteiger partial charge in [0.1, 0.15) is 0 Å². The Morgan fingerprint density at radius 2 is 1.92 bits per heavy atom. The standard InChI is InChI=1S/C10H12N2O2S.C7H7Cl.ClH/c1-2-12-6-5-8-7-9(11-15(13)14)3-4-10(8)12;1-6-4-2-3-5-7(6)8;/h3-4,7H,2,5-6H2,1H3;2-5H,1H3;1H. The molecule has 1 aliphatic heterocycles. The first kappa shape index (κ1) is 20.5. The normalized spacial score (nSPS) is 11.7. The van der Waals surface area contributed by atoms with Crippen LogP contribution in [0.1, 0.15) is 18.1 Å². The minimum absolute atomic E-state index is 0. The van der Waals surface area contributed by atoms with Crippen LogP contribution in [-0.2, 0) is 16.9 Å². The number of nitrogens with zero attached hydrogens (tertiary/aromatic N) is 2. The average molecular weight is 387 g/mol. The van der Waals surface area contributed by atoms with Gasteiger partial charge >= 0.3 is 10.5 Å². The number of aryl methyl sites for hydroxylation is 1. The van der Waals surface area contributed by atoms with Crippen LogP contribution in [0.25, 0.3) is 0 Å². The van der Waals surface area contributed by atoms with Gasteiger partial charge in [-0.1, -0.05) is 29.8 Å². The number of anilines is 1. The summed E-state index contributed by atoms with van der Waals surface area (Å²) in [7, 11) is -2.36. The first-order valence-electron chi connectivity index (χ1n) is 7.41. The first-order chi connectivity index (χ1) is 11.0. The highest BCUT2D eigenvalue weighted by Crippen LogP contribution is 2.30. The Morgan fingerprint density at radius 1 is 1.21 bits per heavy atom. The molecule has 4 nitrogen and oxygen atoms in total. The highest BCUT2D eigenvalue weighted by Gasteiger charge is 2.17. The molecule has 0 amide bonds. The van der Waals surface area contributed by atoms with Crippen molar-refractivity contribution >= 4 is 45.9 Å². The molecule has 1 aliphatic rings. The van der Waals surface area contributed by atoms with Crippen LogP contribution in [0.15, 0.2) is 46.8 Å². The van der Waals surface area contributed by atoms with Crippen molar-refractivity contribution in [1.29, 1.82) is 0 Å². The van der Waals surface area contributed by atoms with Crippen molar-refractivity contribution in [2.24, 2.45) is 4.36 Å². The van der Waals surface area contributed by atoms with Gasteiger partial charge in [0.25, 0.3) is 0 Å². The highest BCUT2D eigenvalue weighted by atomic mass is 35.5. The van der Waals surface area contributed by atoms with Gasteiger partial charge < -0.3 is 4.90 Å². The second kappa shape index (κ2) is 9.67. The molecule has 0 atom stereocenters. The molecule has 0 spiro atoms. The van der Waals surface area contributed by atoms with Gasteiger partial charge in [-0.2, -0.15) is 8.42 Å². The summed E-state index contributed by atoms with van der Waals surface area (Å²) in [6.45, 7) is 6.09. The number of likely N-dealkylation sites (N-methyl/N-ethyl adjacent to an activating group) is 1. The third kappa shape index (κ3) is 5.51. The second-order valence-electron chi connectivity index (χ2n) is 5.20. The molecule has 130 valence electrons. The number of benzene rings is 2. The Hall–Kier alpha value is -1.56. The zero-order valence-corrected chi connectivity index (χ0v) is 16.0. The number of hydrogen-bond donors (Lipinski definition) is 0. The molecule has 0 saturated carbocycles. The van der Waals surface area contributed by atoms with E-state index in [4.69, 9.17) is 11.6 Å². The predicted octanol–water partition coefficient (Wildman–Crippen LogP) is 4.83. The topological polar surface area (TPSA) is 49.7 Å². The highest BCUT2D eigenvalue weighted by molar-refractivity contribution is 7.61. The van der Waals surface area contributed by atoms with Crippen molar-refractivity contribution < 1.29 is 8.42 Å². The summed E-state index contributed by atoms with van der Waals surface area (Å²) < 4.78 is 24.3. The molecule has 2 aromatic carbocycles. The maximum absolute atomic E-state index is 10.4. The molecule has 0 aromatic heterocycles. The molecule has 24 heavy (non-hydrogen) atoms. The van der Waals surface area contributed by atoms with Crippen molar-refractivity contribution in [2.75, 3.05) is 18.0 Å². The molecule has 0 aliphatic carbocycles. The quantitative estimate of drug-likeness (QED) is 0.741. The third-order valence-electron chi connectivity index (χ3n) is 3.69. The van der Waals surface area contributed by atoms with E-state index in [-0.39, 0.29) is 12.4 Å². The van der Waals surface area contributed by atoms with Crippen molar-refractivity contribution in [2.45, 2.75) is 20.3 Å². The fourth-order valence-electron chi connectivity index (χ4n) is 2.48. The number of fused-ring (bicyclic) bond motifs is 1. The van der Waals surface area contributed by atoms with Crippen LogP contribution in [-0.4, -0.2) is 21.5 Å². The van der Waals surface area contributed by atoms with Crippen LogP contribution < -0.4 is 4.90 Å². The maximum atomic E-state index is 10.4. The zero-order chi connectivity index (χ0) is 16.8. The molecule has 2 aromatic rings. The molecule has 0 fully saturated rings. The van der Waals surface area contributed by atoms with E-state index < -0.39 is 10.5 Å². The first-order valence-corrected chi connectivity index (χ1v) is 8.82. The van der Waals surface area contributed by atoms with Gasteiger partial charge in [-0.15, -0.1) is 16.8 Å². The van der Waals surface area contributed by atoms with E-state index in [0.717, 1.165) is 30.1 Å². The van der Waals surface area contributed by atoms with Crippen LogP contribution in [0.5, 0.6) is 0 Å². The molecule has 7 heteroatoms. The number of halogens is 2. The largest absolute Gasteiger partial charge is 0.371 e. The summed E-state index contributed by atoms with van der Waals surface area (Å²) in [6.07, 6.45) is 0.970. The van der Waals surface area contributed by atoms with Crippen LogP contribution in [0, 0.1) is 6.92 Å². The van der Waals surface area contributed by atoms with Gasteiger partial charge in [0.15, 0.2) is 0 Å². The monoisotopic (exact) mass is 386 g/mol. The van der Waals surface area contributed by atoms with Crippen LogP contribution in [0.4, 0.5) is 11.4 Å². The Bertz CT molecular complexity index is 794. The smallest absolute Gasteiger partial charge is 0.316 e. The fourth-order valence-corrected chi connectivity index (χ4v) is 2.90. The van der Waals surface area contributed by atoms with E-state index in [0.29, 0.717) is 5.69 Å². The molecule has 0 N–H and O–H groups in total. The molecule has 3 rings (SSSR count). The zero-order valence-electron chi connectivity index (χ0n) is 13.6. The predicted molar refractivity (Wildman–Crippen MR) is 102 cm³/mol. The van der Waals surface area contributed by atoms with Gasteiger partial charge in [-0.3, -0.25) is 0 Å². The van der Waals surface area contributed by atoms with Crippen molar-refractivity contribution in [3.05, 3.63) is 58.6 Å². The Kier molecular flexibility index (Phi) is 8.25. The second-order valence-corrected chi connectivity index (χ2v) is 6.22. The Labute approximate surface area is 155 Å². The van der Waals surface area contributed by atoms with Crippen molar-refractivity contribution in [3.8, 4) is 0 Å². The minimum atomic E-state index is -2.36. The van der Waals surface area contributed by atoms with Gasteiger partial charge in [0.05, 0.1) is 5.69 Å². The van der Waals surface area contributed by atoms with Crippen LogP contribution >= 0.6 is 24.0 Å². The van der Waals surface area contributed by atoms with Gasteiger partial charge in [-0.25, -0.2) is 0 Å². The summed E-state index contributed by atoms with van der Waals surface area (Å²) >= 11 is 5.71. The van der Waals surface area contributed by atoms with E-state index in [1.165, 1.54) is 11.3 Å². The van der Waals surface area contributed by atoms with Crippen molar-refractivity contribution in [1.82, 2.24) is 0 Å². The van der Waals surface area contributed by atoms with Gasteiger partial charge in [0.2, 0.25) is 0 Å². The molecule has 0 bridgehead atoms. The molecular formula is C17H20Cl2N2O2S. The van der Waals surface area contributed by atoms with Crippen molar-refractivity contribution in [3.63, 3.8) is 0 Å². The third-order valence-corrected chi connectivity index (χ3v) is 4.48. The minimum Gasteiger partial charge on any atom is -0.371 e. The maximum Gasteiger partial charge on any atom is 0.316 e. The number of rotatable bonds is 2. The molecule has 0 saturated heterocycles. The average Bonchev–Trinajstić information content (AvgIpc) is 2.92. The van der Waals surface area contributed by atoms with Crippen LogP contribution in [0.3, 0.4) is 0 Å². The molecule has 1 heterocycles. The summed E-state index contributed by atoms with van der Waals surface area (Å²) in [4.78, 5) is 2.27. The summed E-state index contributed by atoms with van der Waals surface area (Å²) in [6, 6.07) is 13.3. The number of hydrogen-bond acceptors (Lipinski definition) is 4. The van der Waals surface area contributed by atoms with E-state index in [1.807, 2.05) is 43.3 Å². The van der Waals surface area contributed by atoms with E-state index >= 15 is 0 Å². The summed E-state index contributed by atoms with van der Waals surface area (Å²) in [5, 5.41) is 0.840. The lowest BCUT2D eigenvalue weighted by Crippen LogP contribution is -2.18. The fraction of sp³-hybridized carbons (Fsp3) is 0.294.